The molecule has 0 heterocycles. The number of carboxylic acids is 1. The fraction of sp³-hybridized carbons (Fsp3) is 0.483. The van der Waals surface area contributed by atoms with E-state index in [9.17, 15) is 14.4 Å². The summed E-state index contributed by atoms with van der Waals surface area (Å²) in [6.45, 7) is 7.52. The first-order chi connectivity index (χ1) is 16.6. The zero-order chi connectivity index (χ0) is 25.5. The molecular formula is C29H36O6. The minimum Gasteiger partial charge on any atom is -0.490 e. The summed E-state index contributed by atoms with van der Waals surface area (Å²) in [6.07, 6.45) is 5.44. The number of carbonyl (C=O) groups is 3. The Morgan fingerprint density at radius 2 is 1.63 bits per heavy atom. The van der Waals surface area contributed by atoms with Gasteiger partial charge in [-0.1, -0.05) is 37.0 Å². The molecule has 0 spiro atoms. The van der Waals surface area contributed by atoms with Crippen LogP contribution >= 0.6 is 0 Å². The molecule has 35 heavy (non-hydrogen) atoms. The molecule has 2 unspecified atom stereocenters. The van der Waals surface area contributed by atoms with E-state index in [0.717, 1.165) is 11.1 Å². The largest absolute Gasteiger partial charge is 0.490 e. The standard InChI is InChI=1S/C29H36O6/c1-18-14-19(2)29(34-20(3)16-27(31)32)24(15-18)17-26(30)28(33)23-10-12-25(13-11-23)35-21(4)22-8-6-5-7-9-22/h10-15,20-22H,5-9,16-17H2,1-4H3,(H,31,32). The first kappa shape index (κ1) is 26.5. The third-order valence-electron chi connectivity index (χ3n) is 6.63. The van der Waals surface area contributed by atoms with Crippen molar-refractivity contribution in [2.75, 3.05) is 0 Å². The van der Waals surface area contributed by atoms with Crippen molar-refractivity contribution in [3.8, 4) is 11.5 Å². The van der Waals surface area contributed by atoms with E-state index in [1.54, 1.807) is 31.2 Å². The second-order valence-electron chi connectivity index (χ2n) is 9.77. The van der Waals surface area contributed by atoms with Crippen LogP contribution in [0.2, 0.25) is 0 Å². The average Bonchev–Trinajstić information content (AvgIpc) is 2.81. The van der Waals surface area contributed by atoms with Gasteiger partial charge in [0, 0.05) is 17.5 Å². The first-order valence-corrected chi connectivity index (χ1v) is 12.5. The highest BCUT2D eigenvalue weighted by atomic mass is 16.5. The highest BCUT2D eigenvalue weighted by Crippen LogP contribution is 2.30. The normalized spacial score (nSPS) is 15.8. The molecule has 6 heteroatoms. The zero-order valence-electron chi connectivity index (χ0n) is 21.1. The SMILES string of the molecule is Cc1cc(C)c(OC(C)CC(=O)O)c(CC(=O)C(=O)c2ccc(OC(C)C3CCCCC3)cc2)c1. The molecule has 2 aromatic rings. The van der Waals surface area contributed by atoms with E-state index < -0.39 is 23.6 Å². The van der Waals surface area contributed by atoms with Crippen LogP contribution in [-0.2, 0) is 16.0 Å². The van der Waals surface area contributed by atoms with Gasteiger partial charge in [0.15, 0.2) is 0 Å². The molecule has 2 aromatic carbocycles. The molecule has 188 valence electrons. The number of aryl methyl sites for hydroxylation is 2. The van der Waals surface area contributed by atoms with Crippen molar-refractivity contribution in [3.05, 3.63) is 58.7 Å². The molecule has 0 amide bonds. The van der Waals surface area contributed by atoms with Crippen molar-refractivity contribution in [2.24, 2.45) is 5.92 Å². The molecule has 0 saturated heterocycles. The summed E-state index contributed by atoms with van der Waals surface area (Å²) < 4.78 is 12.0. The molecule has 2 atom stereocenters. The lowest BCUT2D eigenvalue weighted by Gasteiger charge is -2.28. The zero-order valence-corrected chi connectivity index (χ0v) is 21.1. The van der Waals surface area contributed by atoms with Crippen LogP contribution < -0.4 is 9.47 Å². The van der Waals surface area contributed by atoms with Gasteiger partial charge in [0.2, 0.25) is 11.6 Å². The Hall–Kier alpha value is -3.15. The van der Waals surface area contributed by atoms with Gasteiger partial charge in [0.25, 0.3) is 0 Å². The number of carboxylic acid groups (broad SMARTS) is 1. The smallest absolute Gasteiger partial charge is 0.307 e. The monoisotopic (exact) mass is 480 g/mol. The number of hydrogen-bond acceptors (Lipinski definition) is 5. The van der Waals surface area contributed by atoms with Crippen LogP contribution in [0, 0.1) is 19.8 Å². The third kappa shape index (κ3) is 7.41. The van der Waals surface area contributed by atoms with E-state index in [2.05, 4.69) is 6.92 Å². The molecule has 6 nitrogen and oxygen atoms in total. The fourth-order valence-corrected chi connectivity index (χ4v) is 4.84. The number of benzene rings is 2. The van der Waals surface area contributed by atoms with Gasteiger partial charge in [-0.3, -0.25) is 14.4 Å². The molecule has 1 aliphatic carbocycles. The lowest BCUT2D eigenvalue weighted by Crippen LogP contribution is -2.25. The van der Waals surface area contributed by atoms with Gasteiger partial charge in [0.1, 0.15) is 17.6 Å². The van der Waals surface area contributed by atoms with Gasteiger partial charge >= 0.3 is 5.97 Å². The summed E-state index contributed by atoms with van der Waals surface area (Å²) in [5.74, 6) is -0.360. The van der Waals surface area contributed by atoms with Crippen molar-refractivity contribution >= 4 is 17.5 Å². The number of Topliss-reactive ketones (excluding diaryl/α,β-unsaturated/α-hetero) is 2. The third-order valence-corrected chi connectivity index (χ3v) is 6.63. The molecule has 1 N–H and O–H groups in total. The van der Waals surface area contributed by atoms with Crippen molar-refractivity contribution in [3.63, 3.8) is 0 Å². The van der Waals surface area contributed by atoms with Crippen molar-refractivity contribution < 1.29 is 29.0 Å². The van der Waals surface area contributed by atoms with Crippen molar-refractivity contribution in [1.82, 2.24) is 0 Å². The second kappa shape index (κ2) is 12.0. The van der Waals surface area contributed by atoms with Crippen LogP contribution in [0.25, 0.3) is 0 Å². The predicted molar refractivity (Wildman–Crippen MR) is 134 cm³/mol. The van der Waals surface area contributed by atoms with Crippen molar-refractivity contribution in [2.45, 2.75) is 84.8 Å². The Labute approximate surface area is 207 Å². The minimum absolute atomic E-state index is 0.116. The van der Waals surface area contributed by atoms with Crippen molar-refractivity contribution in [1.29, 1.82) is 0 Å². The van der Waals surface area contributed by atoms with E-state index in [4.69, 9.17) is 14.6 Å². The number of ketones is 2. The number of ether oxygens (including phenoxy) is 2. The number of hydrogen-bond donors (Lipinski definition) is 1. The lowest BCUT2D eigenvalue weighted by atomic mass is 9.86. The maximum Gasteiger partial charge on any atom is 0.307 e. The van der Waals surface area contributed by atoms with Gasteiger partial charge in [-0.15, -0.1) is 0 Å². The predicted octanol–water partition coefficient (Wildman–Crippen LogP) is 5.89. The van der Waals surface area contributed by atoms with Crippen LogP contribution in [0.1, 0.15) is 79.4 Å². The van der Waals surface area contributed by atoms with E-state index in [1.807, 2.05) is 26.0 Å². The van der Waals surface area contributed by atoms with Crippen LogP contribution in [0.4, 0.5) is 0 Å². The second-order valence-corrected chi connectivity index (χ2v) is 9.77. The molecule has 0 aliphatic heterocycles. The lowest BCUT2D eigenvalue weighted by molar-refractivity contribution is -0.138. The fourth-order valence-electron chi connectivity index (χ4n) is 4.84. The van der Waals surface area contributed by atoms with E-state index in [-0.39, 0.29) is 18.9 Å². The number of aliphatic carboxylic acids is 1. The maximum absolute atomic E-state index is 12.9. The molecule has 1 saturated carbocycles. The van der Waals surface area contributed by atoms with Gasteiger partial charge in [0.05, 0.1) is 12.5 Å². The summed E-state index contributed by atoms with van der Waals surface area (Å²) in [5.41, 5.74) is 2.63. The Balaban J connectivity index is 1.67. The van der Waals surface area contributed by atoms with Crippen LogP contribution in [0.5, 0.6) is 11.5 Å². The molecule has 0 radical (unpaired) electrons. The minimum atomic E-state index is -0.962. The van der Waals surface area contributed by atoms with Gasteiger partial charge in [-0.05, 0) is 76.3 Å². The highest BCUT2D eigenvalue weighted by molar-refractivity contribution is 6.44. The topological polar surface area (TPSA) is 89.9 Å². The molecular weight excluding hydrogens is 444 g/mol. The van der Waals surface area contributed by atoms with Gasteiger partial charge in [-0.25, -0.2) is 0 Å². The van der Waals surface area contributed by atoms with Crippen LogP contribution in [-0.4, -0.2) is 34.9 Å². The summed E-state index contributed by atoms with van der Waals surface area (Å²) in [4.78, 5) is 36.8. The number of carbonyl (C=O) groups excluding carboxylic acids is 2. The Morgan fingerprint density at radius 1 is 0.971 bits per heavy atom. The van der Waals surface area contributed by atoms with Gasteiger partial charge < -0.3 is 14.6 Å². The number of rotatable bonds is 11. The van der Waals surface area contributed by atoms with Crippen LogP contribution in [0.3, 0.4) is 0 Å². The molecule has 0 bridgehead atoms. The quantitative estimate of drug-likeness (QED) is 0.319. The summed E-state index contributed by atoms with van der Waals surface area (Å²) >= 11 is 0. The van der Waals surface area contributed by atoms with Gasteiger partial charge in [-0.2, -0.15) is 0 Å². The van der Waals surface area contributed by atoms with E-state index in [0.29, 0.717) is 28.5 Å². The van der Waals surface area contributed by atoms with Crippen LogP contribution in [0.15, 0.2) is 36.4 Å². The first-order valence-electron chi connectivity index (χ1n) is 12.5. The Bertz CT molecular complexity index is 1050. The molecule has 1 fully saturated rings. The Kier molecular flexibility index (Phi) is 9.07. The molecule has 0 aromatic heterocycles. The summed E-state index contributed by atoms with van der Waals surface area (Å²) in [5, 5.41) is 9.04. The molecule has 3 rings (SSSR count). The van der Waals surface area contributed by atoms with E-state index >= 15 is 0 Å². The Morgan fingerprint density at radius 3 is 2.26 bits per heavy atom. The summed E-state index contributed by atoms with van der Waals surface area (Å²) in [6, 6.07) is 10.5. The average molecular weight is 481 g/mol. The molecule has 1 aliphatic rings. The summed E-state index contributed by atoms with van der Waals surface area (Å²) in [7, 11) is 0. The highest BCUT2D eigenvalue weighted by Gasteiger charge is 2.23. The van der Waals surface area contributed by atoms with E-state index in [1.165, 1.54) is 32.1 Å². The maximum atomic E-state index is 12.9.